The van der Waals surface area contributed by atoms with Crippen LogP contribution in [0, 0.1) is 23.6 Å². The Morgan fingerprint density at radius 2 is 2.08 bits per heavy atom. The third kappa shape index (κ3) is 9.35. The van der Waals surface area contributed by atoms with Crippen molar-refractivity contribution < 1.29 is 18.7 Å². The van der Waals surface area contributed by atoms with Crippen LogP contribution in [0.3, 0.4) is 0 Å². The minimum absolute atomic E-state index is 0.0174. The summed E-state index contributed by atoms with van der Waals surface area (Å²) >= 11 is 0. The number of carbonyl (C=O) groups is 2. The number of aromatic nitrogens is 2. The molecule has 0 bridgehead atoms. The van der Waals surface area contributed by atoms with E-state index in [4.69, 9.17) is 4.74 Å². The van der Waals surface area contributed by atoms with E-state index in [9.17, 15) is 14.0 Å². The summed E-state index contributed by atoms with van der Waals surface area (Å²) in [4.78, 5) is 37.4. The molecule has 1 aliphatic rings. The number of hydrogen-bond acceptors (Lipinski definition) is 7. The minimum Gasteiger partial charge on any atom is -0.477 e. The monoisotopic (exact) mass is 550 g/mol. The van der Waals surface area contributed by atoms with Gasteiger partial charge in [0.1, 0.15) is 17.4 Å². The van der Waals surface area contributed by atoms with Crippen LogP contribution in [0.1, 0.15) is 45.1 Å². The lowest BCUT2D eigenvalue weighted by Crippen LogP contribution is -2.49. The number of benzene rings is 1. The Bertz CT molecular complexity index is 1260. The van der Waals surface area contributed by atoms with E-state index in [0.717, 1.165) is 25.7 Å². The molecule has 40 heavy (non-hydrogen) atoms. The molecule has 1 aromatic heterocycles. The zero-order valence-corrected chi connectivity index (χ0v) is 23.9. The number of amides is 2. The van der Waals surface area contributed by atoms with Crippen molar-refractivity contribution in [2.24, 2.45) is 5.92 Å². The maximum Gasteiger partial charge on any atom is 0.246 e. The number of halogens is 1. The Morgan fingerprint density at radius 1 is 1.27 bits per heavy atom. The SMILES string of the molecule is CCOc1nc(Nc2cccc(F)c2)ncc1C#C[C@@H]1CCC[C@H](NC(=O)[C@H](C)N(C)C(=O)/C=C/CN(C)C)C1. The molecule has 2 amide bonds. The molecule has 3 atom stereocenters. The van der Waals surface area contributed by atoms with Gasteiger partial charge in [0, 0.05) is 37.3 Å². The number of nitrogens with one attached hydrogen (secondary N) is 2. The van der Waals surface area contributed by atoms with E-state index in [1.54, 1.807) is 38.4 Å². The van der Waals surface area contributed by atoms with Gasteiger partial charge in [-0.25, -0.2) is 9.37 Å². The number of hydrogen-bond donors (Lipinski definition) is 2. The first-order chi connectivity index (χ1) is 19.2. The maximum absolute atomic E-state index is 13.5. The standard InChI is InChI=1S/C30H39FN6O3/c1-6-40-29-23(20-32-30(35-29)34-26-13-8-11-24(31)19-26)16-15-22-10-7-12-25(18-22)33-28(39)21(2)37(5)27(38)14-9-17-36(3)4/h8-9,11,13-14,19-22,25H,6-7,10,12,17-18H2,1-5H3,(H,33,39)(H,32,34,35)/b14-9+/t21-,22-,25-/m0/s1. The molecule has 0 unspecified atom stereocenters. The minimum atomic E-state index is -0.589. The van der Waals surface area contributed by atoms with Crippen LogP contribution in [0.15, 0.2) is 42.6 Å². The molecule has 214 valence electrons. The van der Waals surface area contributed by atoms with E-state index in [1.165, 1.54) is 23.1 Å². The van der Waals surface area contributed by atoms with Crippen LogP contribution in [0.2, 0.25) is 0 Å². The van der Waals surface area contributed by atoms with Gasteiger partial charge < -0.3 is 25.2 Å². The molecular formula is C30H39FN6O3. The molecule has 0 radical (unpaired) electrons. The summed E-state index contributed by atoms with van der Waals surface area (Å²) in [5.41, 5.74) is 1.09. The third-order valence-corrected chi connectivity index (χ3v) is 6.59. The van der Waals surface area contributed by atoms with Gasteiger partial charge in [0.05, 0.1) is 12.8 Å². The molecule has 1 aromatic carbocycles. The molecule has 0 saturated heterocycles. The summed E-state index contributed by atoms with van der Waals surface area (Å²) in [6, 6.07) is 5.44. The van der Waals surface area contributed by atoms with E-state index in [1.807, 2.05) is 25.9 Å². The molecular weight excluding hydrogens is 511 g/mol. The molecule has 3 rings (SSSR count). The van der Waals surface area contributed by atoms with Crippen molar-refractivity contribution in [1.82, 2.24) is 25.1 Å². The summed E-state index contributed by atoms with van der Waals surface area (Å²) in [6.07, 6.45) is 8.32. The first-order valence-corrected chi connectivity index (χ1v) is 13.6. The second kappa shape index (κ2) is 15.0. The molecule has 2 N–H and O–H groups in total. The molecule has 9 nitrogen and oxygen atoms in total. The largest absolute Gasteiger partial charge is 0.477 e. The lowest BCUT2D eigenvalue weighted by molar-refractivity contribution is -0.135. The van der Waals surface area contributed by atoms with Crippen LogP contribution in [0.4, 0.5) is 16.0 Å². The van der Waals surface area contributed by atoms with Crippen LogP contribution >= 0.6 is 0 Å². The van der Waals surface area contributed by atoms with Crippen molar-refractivity contribution in [3.63, 3.8) is 0 Å². The Morgan fingerprint density at radius 3 is 2.80 bits per heavy atom. The van der Waals surface area contributed by atoms with Gasteiger partial charge in [-0.05, 0) is 65.4 Å². The quantitative estimate of drug-likeness (QED) is 0.343. The van der Waals surface area contributed by atoms with Crippen LogP contribution in [-0.4, -0.2) is 78.0 Å². The van der Waals surface area contributed by atoms with E-state index >= 15 is 0 Å². The van der Waals surface area contributed by atoms with Crippen LogP contribution in [0.5, 0.6) is 5.88 Å². The highest BCUT2D eigenvalue weighted by atomic mass is 19.1. The number of nitrogens with zero attached hydrogens (tertiary/aromatic N) is 4. The molecule has 1 aliphatic carbocycles. The number of likely N-dealkylation sites (N-methyl/N-ethyl adjacent to an activating group) is 2. The number of anilines is 2. The smallest absolute Gasteiger partial charge is 0.246 e. The predicted molar refractivity (Wildman–Crippen MR) is 154 cm³/mol. The van der Waals surface area contributed by atoms with E-state index in [-0.39, 0.29) is 35.5 Å². The Kier molecular flexibility index (Phi) is 11.5. The van der Waals surface area contributed by atoms with Crippen molar-refractivity contribution >= 4 is 23.5 Å². The summed E-state index contributed by atoms with van der Waals surface area (Å²) in [7, 11) is 5.48. The third-order valence-electron chi connectivity index (χ3n) is 6.59. The van der Waals surface area contributed by atoms with Gasteiger partial charge in [-0.15, -0.1) is 0 Å². The van der Waals surface area contributed by atoms with E-state index < -0.39 is 6.04 Å². The zero-order chi connectivity index (χ0) is 29.1. The highest BCUT2D eigenvalue weighted by Crippen LogP contribution is 2.25. The summed E-state index contributed by atoms with van der Waals surface area (Å²) < 4.78 is 19.2. The van der Waals surface area contributed by atoms with Crippen LogP contribution in [0.25, 0.3) is 0 Å². The Hall–Kier alpha value is -3.97. The molecule has 0 spiro atoms. The summed E-state index contributed by atoms with van der Waals surface area (Å²) in [5.74, 6) is 6.45. The first-order valence-electron chi connectivity index (χ1n) is 13.6. The van der Waals surface area contributed by atoms with Gasteiger partial charge in [0.25, 0.3) is 0 Å². The lowest BCUT2D eigenvalue weighted by atomic mass is 9.86. The number of rotatable bonds is 10. The second-order valence-corrected chi connectivity index (χ2v) is 10.1. The van der Waals surface area contributed by atoms with Crippen molar-refractivity contribution in [3.8, 4) is 17.7 Å². The average Bonchev–Trinajstić information content (AvgIpc) is 2.92. The first kappa shape index (κ1) is 30.6. The number of ether oxygens (including phenoxy) is 1. The zero-order valence-electron chi connectivity index (χ0n) is 23.9. The van der Waals surface area contributed by atoms with Gasteiger partial charge in [0.2, 0.25) is 23.6 Å². The highest BCUT2D eigenvalue weighted by Gasteiger charge is 2.26. The molecule has 1 heterocycles. The van der Waals surface area contributed by atoms with Crippen LogP contribution in [-0.2, 0) is 9.59 Å². The van der Waals surface area contributed by atoms with Crippen LogP contribution < -0.4 is 15.4 Å². The fraction of sp³-hybridized carbons (Fsp3) is 0.467. The molecule has 1 fully saturated rings. The lowest BCUT2D eigenvalue weighted by Gasteiger charge is -2.30. The van der Waals surface area contributed by atoms with Gasteiger partial charge in [-0.1, -0.05) is 30.4 Å². The average molecular weight is 551 g/mol. The van der Waals surface area contributed by atoms with E-state index in [0.29, 0.717) is 30.3 Å². The second-order valence-electron chi connectivity index (χ2n) is 10.1. The molecule has 10 heteroatoms. The Labute approximate surface area is 236 Å². The number of carbonyl (C=O) groups excluding carboxylic acids is 2. The predicted octanol–water partition coefficient (Wildman–Crippen LogP) is 3.75. The molecule has 2 aromatic rings. The molecule has 0 aliphatic heterocycles. The van der Waals surface area contributed by atoms with Crippen molar-refractivity contribution in [2.45, 2.75) is 51.6 Å². The van der Waals surface area contributed by atoms with Crippen molar-refractivity contribution in [3.05, 3.63) is 54.0 Å². The van der Waals surface area contributed by atoms with Crippen molar-refractivity contribution in [1.29, 1.82) is 0 Å². The van der Waals surface area contributed by atoms with Gasteiger partial charge >= 0.3 is 0 Å². The highest BCUT2D eigenvalue weighted by molar-refractivity contribution is 5.92. The van der Waals surface area contributed by atoms with Crippen molar-refractivity contribution in [2.75, 3.05) is 39.6 Å². The fourth-order valence-electron chi connectivity index (χ4n) is 4.26. The summed E-state index contributed by atoms with van der Waals surface area (Å²) in [6.45, 7) is 4.65. The fourth-order valence-corrected chi connectivity index (χ4v) is 4.26. The van der Waals surface area contributed by atoms with Gasteiger partial charge in [0.15, 0.2) is 0 Å². The van der Waals surface area contributed by atoms with E-state index in [2.05, 4.69) is 32.4 Å². The summed E-state index contributed by atoms with van der Waals surface area (Å²) in [5, 5.41) is 6.08. The normalized spacial score (nSPS) is 17.6. The Balaban J connectivity index is 1.61. The maximum atomic E-state index is 13.5. The van der Waals surface area contributed by atoms with Gasteiger partial charge in [-0.2, -0.15) is 4.98 Å². The van der Waals surface area contributed by atoms with Gasteiger partial charge in [-0.3, -0.25) is 9.59 Å². The molecule has 1 saturated carbocycles. The topological polar surface area (TPSA) is 99.7 Å².